The fraction of sp³-hybridized carbons (Fsp3) is 0.0833. The van der Waals surface area contributed by atoms with Gasteiger partial charge in [0, 0.05) is 23.0 Å². The molecule has 2 rings (SSSR count). The summed E-state index contributed by atoms with van der Waals surface area (Å²) in [5.41, 5.74) is 7.10. The highest BCUT2D eigenvalue weighted by Gasteiger charge is 1.98. The molecule has 0 aliphatic carbocycles. The Morgan fingerprint density at radius 1 is 1.25 bits per heavy atom. The third-order valence-corrected chi connectivity index (χ3v) is 2.26. The van der Waals surface area contributed by atoms with Gasteiger partial charge in [0.2, 0.25) is 0 Å². The minimum absolute atomic E-state index is 0.379. The monoisotopic (exact) mass is 234 g/mol. The van der Waals surface area contributed by atoms with Gasteiger partial charge in [0.1, 0.15) is 12.4 Å². The molecular weight excluding hydrogens is 224 g/mol. The van der Waals surface area contributed by atoms with E-state index in [0.29, 0.717) is 17.3 Å². The summed E-state index contributed by atoms with van der Waals surface area (Å²) in [6.07, 6.45) is 1.65. The van der Waals surface area contributed by atoms with Crippen molar-refractivity contribution in [3.05, 3.63) is 53.3 Å². The number of pyridine rings is 1. The van der Waals surface area contributed by atoms with Crippen LogP contribution in [0.3, 0.4) is 0 Å². The molecule has 0 aliphatic heterocycles. The van der Waals surface area contributed by atoms with E-state index in [-0.39, 0.29) is 0 Å². The van der Waals surface area contributed by atoms with Gasteiger partial charge >= 0.3 is 0 Å². The van der Waals surface area contributed by atoms with Crippen molar-refractivity contribution < 1.29 is 4.74 Å². The highest BCUT2D eigenvalue weighted by atomic mass is 35.5. The molecule has 0 fully saturated rings. The summed E-state index contributed by atoms with van der Waals surface area (Å²) in [4.78, 5) is 4.14. The number of benzene rings is 1. The Morgan fingerprint density at radius 3 is 2.88 bits per heavy atom. The summed E-state index contributed by atoms with van der Waals surface area (Å²) < 4.78 is 5.53. The lowest BCUT2D eigenvalue weighted by Gasteiger charge is -2.06. The van der Waals surface area contributed by atoms with E-state index in [0.717, 1.165) is 11.4 Å². The second kappa shape index (κ2) is 4.86. The van der Waals surface area contributed by atoms with Gasteiger partial charge in [-0.15, -0.1) is 0 Å². The van der Waals surface area contributed by atoms with E-state index in [2.05, 4.69) is 4.98 Å². The van der Waals surface area contributed by atoms with Crippen LogP contribution in [0.5, 0.6) is 5.75 Å². The van der Waals surface area contributed by atoms with E-state index in [1.54, 1.807) is 24.4 Å². The lowest BCUT2D eigenvalue weighted by Crippen LogP contribution is -1.98. The van der Waals surface area contributed by atoms with Crippen LogP contribution >= 0.6 is 11.6 Å². The Morgan fingerprint density at radius 2 is 2.12 bits per heavy atom. The molecule has 0 saturated carbocycles. The van der Waals surface area contributed by atoms with Gasteiger partial charge in [-0.1, -0.05) is 17.7 Å². The fourth-order valence-electron chi connectivity index (χ4n) is 1.29. The van der Waals surface area contributed by atoms with Crippen molar-refractivity contribution in [3.8, 4) is 5.75 Å². The highest BCUT2D eigenvalue weighted by Crippen LogP contribution is 2.16. The Kier molecular flexibility index (Phi) is 3.27. The summed E-state index contributed by atoms with van der Waals surface area (Å²) in [6.45, 7) is 0.379. The van der Waals surface area contributed by atoms with E-state index in [9.17, 15) is 0 Å². The molecule has 16 heavy (non-hydrogen) atoms. The Labute approximate surface area is 98.8 Å². The van der Waals surface area contributed by atoms with Gasteiger partial charge < -0.3 is 10.5 Å². The van der Waals surface area contributed by atoms with E-state index < -0.39 is 0 Å². The molecular formula is C12H11ClN2O. The highest BCUT2D eigenvalue weighted by molar-refractivity contribution is 6.30. The van der Waals surface area contributed by atoms with Gasteiger partial charge in [0.05, 0.1) is 5.69 Å². The number of rotatable bonds is 3. The molecule has 0 saturated heterocycles. The van der Waals surface area contributed by atoms with E-state index in [1.165, 1.54) is 0 Å². The van der Waals surface area contributed by atoms with Crippen LogP contribution in [0, 0.1) is 0 Å². The van der Waals surface area contributed by atoms with Crippen molar-refractivity contribution in [2.24, 2.45) is 0 Å². The van der Waals surface area contributed by atoms with Crippen LogP contribution in [0.1, 0.15) is 5.69 Å². The first-order valence-electron chi connectivity index (χ1n) is 4.83. The Bertz CT molecular complexity index is 442. The van der Waals surface area contributed by atoms with Gasteiger partial charge in [-0.25, -0.2) is 0 Å². The smallest absolute Gasteiger partial charge is 0.130 e. The first-order valence-corrected chi connectivity index (χ1v) is 5.20. The van der Waals surface area contributed by atoms with Crippen molar-refractivity contribution in [1.82, 2.24) is 4.98 Å². The Balaban J connectivity index is 2.02. The van der Waals surface area contributed by atoms with Crippen molar-refractivity contribution in [2.45, 2.75) is 6.61 Å². The summed E-state index contributed by atoms with van der Waals surface area (Å²) in [5.74, 6) is 0.724. The van der Waals surface area contributed by atoms with Crippen molar-refractivity contribution in [2.75, 3.05) is 5.73 Å². The second-order valence-corrected chi connectivity index (χ2v) is 3.76. The van der Waals surface area contributed by atoms with Crippen molar-refractivity contribution in [3.63, 3.8) is 0 Å². The molecule has 0 radical (unpaired) electrons. The molecule has 2 N–H and O–H groups in total. The maximum absolute atomic E-state index is 5.84. The first kappa shape index (κ1) is 10.8. The number of anilines is 1. The van der Waals surface area contributed by atoms with Crippen molar-refractivity contribution >= 4 is 17.3 Å². The number of hydrogen-bond acceptors (Lipinski definition) is 3. The minimum Gasteiger partial charge on any atom is -0.487 e. The molecule has 0 unspecified atom stereocenters. The normalized spacial score (nSPS) is 10.1. The molecule has 2 aromatic rings. The number of nitrogen functional groups attached to an aromatic ring is 1. The van der Waals surface area contributed by atoms with Gasteiger partial charge in [0.15, 0.2) is 0 Å². The molecule has 0 aliphatic rings. The van der Waals surface area contributed by atoms with Crippen molar-refractivity contribution in [1.29, 1.82) is 0 Å². The molecule has 0 bridgehead atoms. The maximum Gasteiger partial charge on any atom is 0.130 e. The lowest BCUT2D eigenvalue weighted by atomic mass is 10.3. The average molecular weight is 235 g/mol. The molecule has 4 heteroatoms. The van der Waals surface area contributed by atoms with Crippen LogP contribution in [0.15, 0.2) is 42.6 Å². The number of nitrogens with two attached hydrogens (primary N) is 1. The SMILES string of the molecule is Nc1cccc(OCc2cc(Cl)ccn2)c1. The molecule has 82 valence electrons. The van der Waals surface area contributed by atoms with Gasteiger partial charge in [0.25, 0.3) is 0 Å². The summed E-state index contributed by atoms with van der Waals surface area (Å²) in [7, 11) is 0. The van der Waals surface area contributed by atoms with Gasteiger partial charge in [-0.3, -0.25) is 4.98 Å². The van der Waals surface area contributed by atoms with Gasteiger partial charge in [-0.05, 0) is 24.3 Å². The predicted molar refractivity (Wildman–Crippen MR) is 64.4 cm³/mol. The average Bonchev–Trinajstić information content (AvgIpc) is 2.27. The van der Waals surface area contributed by atoms with Crippen LogP contribution in [-0.4, -0.2) is 4.98 Å². The third kappa shape index (κ3) is 2.87. The Hall–Kier alpha value is -1.74. The topological polar surface area (TPSA) is 48.1 Å². The molecule has 0 amide bonds. The zero-order valence-electron chi connectivity index (χ0n) is 8.56. The number of aromatic nitrogens is 1. The van der Waals surface area contributed by atoms with E-state index >= 15 is 0 Å². The molecule has 1 aromatic heterocycles. The molecule has 3 nitrogen and oxygen atoms in total. The number of halogens is 1. The zero-order valence-corrected chi connectivity index (χ0v) is 9.32. The molecule has 0 atom stereocenters. The van der Waals surface area contributed by atoms with E-state index in [4.69, 9.17) is 22.1 Å². The summed E-state index contributed by atoms with van der Waals surface area (Å²) in [5, 5.41) is 0.654. The minimum atomic E-state index is 0.379. The standard InChI is InChI=1S/C12H11ClN2O/c13-9-4-5-15-11(6-9)8-16-12-3-1-2-10(14)7-12/h1-7H,8,14H2. The largest absolute Gasteiger partial charge is 0.487 e. The van der Waals surface area contributed by atoms with E-state index in [1.807, 2.05) is 18.2 Å². The second-order valence-electron chi connectivity index (χ2n) is 3.33. The fourth-order valence-corrected chi connectivity index (χ4v) is 1.47. The third-order valence-electron chi connectivity index (χ3n) is 2.02. The van der Waals surface area contributed by atoms with Gasteiger partial charge in [-0.2, -0.15) is 0 Å². The summed E-state index contributed by atoms with van der Waals surface area (Å²) >= 11 is 5.84. The maximum atomic E-state index is 5.84. The van der Waals surface area contributed by atoms with Crippen LogP contribution in [0.2, 0.25) is 5.02 Å². The molecule has 0 spiro atoms. The van der Waals surface area contributed by atoms with Crippen LogP contribution in [-0.2, 0) is 6.61 Å². The number of ether oxygens (including phenoxy) is 1. The number of nitrogens with zero attached hydrogens (tertiary/aromatic N) is 1. The van der Waals surface area contributed by atoms with Crippen LogP contribution < -0.4 is 10.5 Å². The quantitative estimate of drug-likeness (QED) is 0.831. The summed E-state index contributed by atoms with van der Waals surface area (Å²) in [6, 6.07) is 10.8. The zero-order chi connectivity index (χ0) is 11.4. The number of hydrogen-bond donors (Lipinski definition) is 1. The first-order chi connectivity index (χ1) is 7.74. The predicted octanol–water partition coefficient (Wildman–Crippen LogP) is 2.90. The van der Waals surface area contributed by atoms with Crippen LogP contribution in [0.25, 0.3) is 0 Å². The molecule has 1 heterocycles. The van der Waals surface area contributed by atoms with Crippen LogP contribution in [0.4, 0.5) is 5.69 Å². The molecule has 1 aromatic carbocycles. The lowest BCUT2D eigenvalue weighted by molar-refractivity contribution is 0.301.